The van der Waals surface area contributed by atoms with E-state index in [4.69, 9.17) is 9.47 Å². The number of carbonyl (C=O) groups excluding carboxylic acids is 2. The molecule has 0 spiro atoms. The highest BCUT2D eigenvalue weighted by atomic mass is 32.1. The summed E-state index contributed by atoms with van der Waals surface area (Å²) < 4.78 is 24.6. The van der Waals surface area contributed by atoms with Crippen LogP contribution in [0.2, 0.25) is 0 Å². The number of fused-ring (bicyclic) bond motifs is 1. The number of nitrogens with zero attached hydrogens (tertiary/aromatic N) is 3. The molecular formula is C23H21FN4O4S. The second-order valence-corrected chi connectivity index (χ2v) is 8.52. The minimum atomic E-state index is -0.315. The lowest BCUT2D eigenvalue weighted by atomic mass is 10.2. The van der Waals surface area contributed by atoms with Crippen molar-refractivity contribution in [2.45, 2.75) is 6.42 Å². The average molecular weight is 469 g/mol. The van der Waals surface area contributed by atoms with Crippen molar-refractivity contribution >= 4 is 34.0 Å². The van der Waals surface area contributed by atoms with E-state index in [1.54, 1.807) is 46.7 Å². The number of carbonyl (C=O) groups is 2. The molecule has 2 aliphatic rings. The number of para-hydroxylation sites is 1. The van der Waals surface area contributed by atoms with E-state index in [-0.39, 0.29) is 30.8 Å². The van der Waals surface area contributed by atoms with Crippen LogP contribution >= 0.6 is 11.3 Å². The zero-order valence-corrected chi connectivity index (χ0v) is 18.4. The van der Waals surface area contributed by atoms with E-state index in [0.29, 0.717) is 59.8 Å². The van der Waals surface area contributed by atoms with Crippen LogP contribution in [-0.2, 0) is 11.2 Å². The van der Waals surface area contributed by atoms with Gasteiger partial charge in [-0.15, -0.1) is 11.3 Å². The van der Waals surface area contributed by atoms with Crippen molar-refractivity contribution in [1.29, 1.82) is 0 Å². The highest BCUT2D eigenvalue weighted by molar-refractivity contribution is 7.14. The van der Waals surface area contributed by atoms with Gasteiger partial charge in [-0.3, -0.25) is 14.9 Å². The quantitative estimate of drug-likeness (QED) is 0.619. The first-order chi connectivity index (χ1) is 16.1. The summed E-state index contributed by atoms with van der Waals surface area (Å²) in [5, 5.41) is 4.94. The second kappa shape index (κ2) is 9.07. The summed E-state index contributed by atoms with van der Waals surface area (Å²) in [4.78, 5) is 33.3. The SMILES string of the molecule is O=C(Nc1nc(CC(=O)N2CCN(c3ccccc3F)CC2)cs1)c1ccc2c(c1)OCO2. The van der Waals surface area contributed by atoms with Crippen molar-refractivity contribution in [2.75, 3.05) is 43.2 Å². The van der Waals surface area contributed by atoms with Crippen LogP contribution in [0, 0.1) is 5.82 Å². The molecule has 3 aromatic rings. The first-order valence-electron chi connectivity index (χ1n) is 10.5. The number of halogens is 1. The lowest BCUT2D eigenvalue weighted by Gasteiger charge is -2.36. The van der Waals surface area contributed by atoms with Gasteiger partial charge >= 0.3 is 0 Å². The minimum Gasteiger partial charge on any atom is -0.454 e. The molecule has 0 aliphatic carbocycles. The molecule has 3 heterocycles. The molecule has 5 rings (SSSR count). The first-order valence-corrected chi connectivity index (χ1v) is 11.4. The molecule has 0 bridgehead atoms. The summed E-state index contributed by atoms with van der Waals surface area (Å²) in [6.07, 6.45) is 0.149. The molecule has 0 saturated carbocycles. The number of ether oxygens (including phenoxy) is 2. The summed E-state index contributed by atoms with van der Waals surface area (Å²) in [6, 6.07) is 11.6. The summed E-state index contributed by atoms with van der Waals surface area (Å²) in [6.45, 7) is 2.32. The van der Waals surface area contributed by atoms with Crippen LogP contribution in [0.5, 0.6) is 11.5 Å². The fourth-order valence-electron chi connectivity index (χ4n) is 3.82. The van der Waals surface area contributed by atoms with E-state index in [0.717, 1.165) is 0 Å². The highest BCUT2D eigenvalue weighted by Gasteiger charge is 2.23. The molecule has 1 saturated heterocycles. The van der Waals surface area contributed by atoms with Gasteiger partial charge in [0.15, 0.2) is 16.6 Å². The van der Waals surface area contributed by atoms with Gasteiger partial charge in [0.2, 0.25) is 12.7 Å². The molecular weight excluding hydrogens is 447 g/mol. The van der Waals surface area contributed by atoms with E-state index in [9.17, 15) is 14.0 Å². The average Bonchev–Trinajstić information content (AvgIpc) is 3.48. The van der Waals surface area contributed by atoms with Gasteiger partial charge in [0, 0.05) is 37.1 Å². The van der Waals surface area contributed by atoms with E-state index >= 15 is 0 Å². The first kappa shape index (κ1) is 21.2. The van der Waals surface area contributed by atoms with Crippen LogP contribution in [0.25, 0.3) is 0 Å². The van der Waals surface area contributed by atoms with Gasteiger partial charge in [-0.1, -0.05) is 12.1 Å². The Hall–Kier alpha value is -3.66. The normalized spacial score (nSPS) is 14.9. The molecule has 1 N–H and O–H groups in total. The number of rotatable bonds is 5. The van der Waals surface area contributed by atoms with Crippen molar-refractivity contribution < 1.29 is 23.5 Å². The third-order valence-electron chi connectivity index (χ3n) is 5.56. The number of nitrogens with one attached hydrogen (secondary N) is 1. The molecule has 170 valence electrons. The number of hydrogen-bond donors (Lipinski definition) is 1. The van der Waals surface area contributed by atoms with Crippen LogP contribution in [0.3, 0.4) is 0 Å². The predicted molar refractivity (Wildman–Crippen MR) is 122 cm³/mol. The van der Waals surface area contributed by atoms with Crippen LogP contribution in [0.4, 0.5) is 15.2 Å². The molecule has 0 radical (unpaired) electrons. The van der Waals surface area contributed by atoms with Crippen molar-refractivity contribution in [2.24, 2.45) is 0 Å². The van der Waals surface area contributed by atoms with Gasteiger partial charge < -0.3 is 19.3 Å². The molecule has 8 nitrogen and oxygen atoms in total. The smallest absolute Gasteiger partial charge is 0.257 e. The van der Waals surface area contributed by atoms with Crippen molar-refractivity contribution in [3.05, 3.63) is 64.9 Å². The third-order valence-corrected chi connectivity index (χ3v) is 6.37. The number of amides is 2. The van der Waals surface area contributed by atoms with Crippen LogP contribution in [0.1, 0.15) is 16.1 Å². The standard InChI is InChI=1S/C23H21FN4O4S/c24-17-3-1-2-4-18(17)27-7-9-28(10-8-27)21(29)12-16-13-33-23(25-16)26-22(30)15-5-6-19-20(11-15)32-14-31-19/h1-6,11,13H,7-10,12,14H2,(H,25,26,30). The van der Waals surface area contributed by atoms with Crippen molar-refractivity contribution in [1.82, 2.24) is 9.88 Å². The lowest BCUT2D eigenvalue weighted by molar-refractivity contribution is -0.130. The van der Waals surface area contributed by atoms with Gasteiger partial charge in [0.05, 0.1) is 17.8 Å². The maximum Gasteiger partial charge on any atom is 0.257 e. The Bertz CT molecular complexity index is 1190. The predicted octanol–water partition coefficient (Wildman–Crippen LogP) is 3.15. The zero-order valence-electron chi connectivity index (χ0n) is 17.6. The Morgan fingerprint density at radius 2 is 1.85 bits per heavy atom. The lowest BCUT2D eigenvalue weighted by Crippen LogP contribution is -2.49. The van der Waals surface area contributed by atoms with E-state index in [2.05, 4.69) is 10.3 Å². The van der Waals surface area contributed by atoms with Gasteiger partial charge in [-0.05, 0) is 30.3 Å². The molecule has 33 heavy (non-hydrogen) atoms. The topological polar surface area (TPSA) is 84.0 Å². The minimum absolute atomic E-state index is 0.0397. The molecule has 1 aromatic heterocycles. The summed E-state index contributed by atoms with van der Waals surface area (Å²) in [5.74, 6) is 0.529. The van der Waals surface area contributed by atoms with Gasteiger partial charge in [0.1, 0.15) is 5.82 Å². The van der Waals surface area contributed by atoms with Gasteiger partial charge in [-0.2, -0.15) is 0 Å². The monoisotopic (exact) mass is 468 g/mol. The van der Waals surface area contributed by atoms with E-state index in [1.165, 1.54) is 17.4 Å². The number of aromatic nitrogens is 1. The number of piperazine rings is 1. The largest absolute Gasteiger partial charge is 0.454 e. The molecule has 2 amide bonds. The third kappa shape index (κ3) is 4.61. The Labute approximate surface area is 193 Å². The van der Waals surface area contributed by atoms with Gasteiger partial charge in [-0.25, -0.2) is 9.37 Å². The Morgan fingerprint density at radius 3 is 2.67 bits per heavy atom. The van der Waals surface area contributed by atoms with Crippen LogP contribution in [-0.4, -0.2) is 54.7 Å². The number of anilines is 2. The molecule has 2 aromatic carbocycles. The summed E-state index contributed by atoms with van der Waals surface area (Å²) in [7, 11) is 0. The molecule has 0 unspecified atom stereocenters. The van der Waals surface area contributed by atoms with Crippen LogP contribution < -0.4 is 19.7 Å². The maximum atomic E-state index is 14.0. The van der Waals surface area contributed by atoms with Gasteiger partial charge in [0.25, 0.3) is 5.91 Å². The van der Waals surface area contributed by atoms with E-state index < -0.39 is 0 Å². The number of thiazole rings is 1. The summed E-state index contributed by atoms with van der Waals surface area (Å²) in [5.41, 5.74) is 1.59. The van der Waals surface area contributed by atoms with Crippen molar-refractivity contribution in [3.63, 3.8) is 0 Å². The summed E-state index contributed by atoms with van der Waals surface area (Å²) >= 11 is 1.27. The molecule has 1 fully saturated rings. The Balaban J connectivity index is 1.14. The van der Waals surface area contributed by atoms with Crippen molar-refractivity contribution in [3.8, 4) is 11.5 Å². The second-order valence-electron chi connectivity index (χ2n) is 7.66. The zero-order chi connectivity index (χ0) is 22.8. The Morgan fingerprint density at radius 1 is 1.06 bits per heavy atom. The highest BCUT2D eigenvalue weighted by Crippen LogP contribution is 2.32. The number of benzene rings is 2. The fraction of sp³-hybridized carbons (Fsp3) is 0.261. The molecule has 0 atom stereocenters. The van der Waals surface area contributed by atoms with E-state index in [1.807, 2.05) is 4.90 Å². The Kier molecular flexibility index (Phi) is 5.82. The molecule has 10 heteroatoms. The van der Waals surface area contributed by atoms with Crippen LogP contribution in [0.15, 0.2) is 47.8 Å². The fourth-order valence-corrected chi connectivity index (χ4v) is 4.53. The maximum absolute atomic E-state index is 14.0. The number of hydrogen-bond acceptors (Lipinski definition) is 7. The molecule has 2 aliphatic heterocycles.